The molecule has 0 spiro atoms. The lowest BCUT2D eigenvalue weighted by Gasteiger charge is -2.48. The van der Waals surface area contributed by atoms with E-state index in [2.05, 4.69) is 52.2 Å². The molecule has 1 aliphatic carbocycles. The van der Waals surface area contributed by atoms with Crippen LogP contribution in [0.3, 0.4) is 0 Å². The second kappa shape index (κ2) is 6.58. The fourth-order valence-electron chi connectivity index (χ4n) is 5.10. The molecule has 124 valence electrons. The highest BCUT2D eigenvalue weighted by Gasteiger charge is 2.38. The van der Waals surface area contributed by atoms with E-state index in [-0.39, 0.29) is 11.1 Å². The van der Waals surface area contributed by atoms with Gasteiger partial charge in [0.2, 0.25) is 0 Å². The van der Waals surface area contributed by atoms with Crippen LogP contribution in [0, 0.1) is 11.8 Å². The minimum Gasteiger partial charge on any atom is -0.311 e. The molecule has 2 nitrogen and oxygen atoms in total. The van der Waals surface area contributed by atoms with Crippen LogP contribution >= 0.6 is 0 Å². The van der Waals surface area contributed by atoms with Gasteiger partial charge in [0.15, 0.2) is 0 Å². The lowest BCUT2D eigenvalue weighted by Crippen LogP contribution is -2.62. The summed E-state index contributed by atoms with van der Waals surface area (Å²) >= 11 is 0. The molecular formula is C19H38N2. The molecule has 0 aromatic rings. The quantitative estimate of drug-likeness (QED) is 0.798. The van der Waals surface area contributed by atoms with Crippen molar-refractivity contribution in [3.05, 3.63) is 0 Å². The zero-order valence-electron chi connectivity index (χ0n) is 15.3. The Balaban J connectivity index is 1.88. The van der Waals surface area contributed by atoms with Crippen molar-refractivity contribution in [3.63, 3.8) is 0 Å². The number of hydrogen-bond acceptors (Lipinski definition) is 2. The highest BCUT2D eigenvalue weighted by molar-refractivity contribution is 5.00. The average molecular weight is 295 g/mol. The Morgan fingerprint density at radius 2 is 1.62 bits per heavy atom. The Morgan fingerprint density at radius 3 is 2.19 bits per heavy atom. The van der Waals surface area contributed by atoms with E-state index in [0.717, 1.165) is 17.9 Å². The lowest BCUT2D eigenvalue weighted by atomic mass is 9.77. The summed E-state index contributed by atoms with van der Waals surface area (Å²) in [5.41, 5.74) is 0.511. The van der Waals surface area contributed by atoms with Crippen molar-refractivity contribution in [3.8, 4) is 0 Å². The number of rotatable bonds is 4. The van der Waals surface area contributed by atoms with Gasteiger partial charge in [0.05, 0.1) is 0 Å². The molecular weight excluding hydrogens is 256 g/mol. The molecule has 0 amide bonds. The maximum atomic E-state index is 4.03. The van der Waals surface area contributed by atoms with E-state index < -0.39 is 0 Å². The minimum absolute atomic E-state index is 0.255. The van der Waals surface area contributed by atoms with E-state index in [1.165, 1.54) is 44.9 Å². The van der Waals surface area contributed by atoms with E-state index in [1.54, 1.807) is 0 Å². The van der Waals surface area contributed by atoms with Gasteiger partial charge in [0.25, 0.3) is 0 Å². The summed E-state index contributed by atoms with van der Waals surface area (Å²) in [5.74, 6) is 1.81. The molecule has 2 atom stereocenters. The highest BCUT2D eigenvalue weighted by Crippen LogP contribution is 2.32. The Bertz CT molecular complexity index is 316. The van der Waals surface area contributed by atoms with Crippen LogP contribution in [0.5, 0.6) is 0 Å². The van der Waals surface area contributed by atoms with Crippen LogP contribution in [0.1, 0.15) is 86.5 Å². The molecule has 2 heteroatoms. The van der Waals surface area contributed by atoms with Crippen LogP contribution in [-0.4, -0.2) is 23.2 Å². The van der Waals surface area contributed by atoms with Crippen LogP contribution in [0.15, 0.2) is 0 Å². The number of piperidine rings is 1. The fourth-order valence-corrected chi connectivity index (χ4v) is 5.10. The summed E-state index contributed by atoms with van der Waals surface area (Å²) in [4.78, 5) is 0. The van der Waals surface area contributed by atoms with Crippen molar-refractivity contribution in [1.29, 1.82) is 0 Å². The molecule has 2 N–H and O–H groups in total. The van der Waals surface area contributed by atoms with Crippen LogP contribution in [0.25, 0.3) is 0 Å². The summed E-state index contributed by atoms with van der Waals surface area (Å²) in [6.45, 7) is 14.1. The van der Waals surface area contributed by atoms with Gasteiger partial charge in [-0.1, -0.05) is 26.7 Å². The van der Waals surface area contributed by atoms with Crippen LogP contribution < -0.4 is 10.6 Å². The Kier molecular flexibility index (Phi) is 5.41. The molecule has 0 bridgehead atoms. The summed E-state index contributed by atoms with van der Waals surface area (Å²) in [5, 5.41) is 7.83. The maximum Gasteiger partial charge on any atom is 0.0144 e. The first-order valence-electron chi connectivity index (χ1n) is 9.21. The molecule has 0 aromatic carbocycles. The normalized spacial score (nSPS) is 33.3. The van der Waals surface area contributed by atoms with E-state index in [0.29, 0.717) is 6.04 Å². The van der Waals surface area contributed by atoms with Gasteiger partial charge in [0, 0.05) is 23.2 Å². The molecule has 1 saturated carbocycles. The number of nitrogens with one attached hydrogen (secondary N) is 2. The van der Waals surface area contributed by atoms with E-state index in [4.69, 9.17) is 0 Å². The second-order valence-electron chi connectivity index (χ2n) is 9.52. The zero-order valence-corrected chi connectivity index (χ0v) is 15.3. The molecule has 2 fully saturated rings. The van der Waals surface area contributed by atoms with Gasteiger partial charge in [-0.25, -0.2) is 0 Å². The summed E-state index contributed by atoms with van der Waals surface area (Å²) < 4.78 is 0. The third kappa shape index (κ3) is 5.56. The SMILES string of the molecule is CC(C)CC1CCCC(NC2CC(C)(C)NC(C)(C)C2)C1. The molecule has 1 heterocycles. The largest absolute Gasteiger partial charge is 0.311 e. The first-order chi connectivity index (χ1) is 9.65. The minimum atomic E-state index is 0.255. The smallest absolute Gasteiger partial charge is 0.0144 e. The number of hydrogen-bond donors (Lipinski definition) is 2. The van der Waals surface area contributed by atoms with Crippen LogP contribution in [0.4, 0.5) is 0 Å². The van der Waals surface area contributed by atoms with Gasteiger partial charge in [-0.15, -0.1) is 0 Å². The van der Waals surface area contributed by atoms with Crippen molar-refractivity contribution < 1.29 is 0 Å². The molecule has 0 aromatic heterocycles. The van der Waals surface area contributed by atoms with Crippen molar-refractivity contribution in [2.24, 2.45) is 11.8 Å². The zero-order chi connectivity index (χ0) is 15.7. The van der Waals surface area contributed by atoms with E-state index in [1.807, 2.05) is 0 Å². The van der Waals surface area contributed by atoms with Gasteiger partial charge in [0.1, 0.15) is 0 Å². The predicted molar refractivity (Wildman–Crippen MR) is 92.7 cm³/mol. The van der Waals surface area contributed by atoms with Crippen molar-refractivity contribution in [2.75, 3.05) is 0 Å². The Morgan fingerprint density at radius 1 is 1.00 bits per heavy atom. The van der Waals surface area contributed by atoms with Crippen molar-refractivity contribution in [1.82, 2.24) is 10.6 Å². The molecule has 1 aliphatic heterocycles. The van der Waals surface area contributed by atoms with Gasteiger partial charge >= 0.3 is 0 Å². The first kappa shape index (κ1) is 17.3. The average Bonchev–Trinajstić information content (AvgIpc) is 2.23. The molecule has 21 heavy (non-hydrogen) atoms. The van der Waals surface area contributed by atoms with Gasteiger partial charge in [-0.05, 0) is 71.6 Å². The topological polar surface area (TPSA) is 24.1 Å². The van der Waals surface area contributed by atoms with Crippen molar-refractivity contribution in [2.45, 2.75) is 110 Å². The summed E-state index contributed by atoms with van der Waals surface area (Å²) in [6.07, 6.45) is 9.60. The van der Waals surface area contributed by atoms with Gasteiger partial charge in [-0.3, -0.25) is 0 Å². The first-order valence-corrected chi connectivity index (χ1v) is 9.21. The Hall–Kier alpha value is -0.0800. The fraction of sp³-hybridized carbons (Fsp3) is 1.00. The second-order valence-corrected chi connectivity index (χ2v) is 9.52. The van der Waals surface area contributed by atoms with Gasteiger partial charge in [-0.2, -0.15) is 0 Å². The van der Waals surface area contributed by atoms with Crippen LogP contribution in [0.2, 0.25) is 0 Å². The summed E-state index contributed by atoms with van der Waals surface area (Å²) in [7, 11) is 0. The summed E-state index contributed by atoms with van der Waals surface area (Å²) in [6, 6.07) is 1.44. The molecule has 2 aliphatic rings. The third-order valence-electron chi connectivity index (χ3n) is 5.25. The Labute approximate surface area is 132 Å². The molecule has 2 rings (SSSR count). The van der Waals surface area contributed by atoms with E-state index >= 15 is 0 Å². The maximum absolute atomic E-state index is 4.03. The monoisotopic (exact) mass is 294 g/mol. The van der Waals surface area contributed by atoms with Crippen LogP contribution in [-0.2, 0) is 0 Å². The highest BCUT2D eigenvalue weighted by atomic mass is 15.1. The molecule has 0 radical (unpaired) electrons. The third-order valence-corrected chi connectivity index (χ3v) is 5.25. The van der Waals surface area contributed by atoms with Gasteiger partial charge < -0.3 is 10.6 Å². The van der Waals surface area contributed by atoms with Crippen molar-refractivity contribution >= 4 is 0 Å². The standard InChI is InChI=1S/C19H38N2/c1-14(2)10-15-8-7-9-16(11-15)20-17-12-18(3,4)21-19(5,6)13-17/h14-17,20-21H,7-13H2,1-6H3. The molecule has 1 saturated heterocycles. The molecule has 2 unspecified atom stereocenters. The predicted octanol–water partition coefficient (Wildman–Crippen LogP) is 4.49. The lowest BCUT2D eigenvalue weighted by molar-refractivity contribution is 0.128. The van der Waals surface area contributed by atoms with E-state index in [9.17, 15) is 0 Å².